The number of carbonyl (C=O) groups is 2. The number of carbonyl (C=O) groups excluding carboxylic acids is 2. The summed E-state index contributed by atoms with van der Waals surface area (Å²) in [6.07, 6.45) is 3.45. The Morgan fingerprint density at radius 3 is 2.45 bits per heavy atom. The quantitative estimate of drug-likeness (QED) is 0.730. The zero-order chi connectivity index (χ0) is 14.1. The van der Waals surface area contributed by atoms with Gasteiger partial charge in [-0.15, -0.1) is 24.2 Å². The average Bonchev–Trinajstić information content (AvgIpc) is 2.45. The number of rotatable bonds is 7. The maximum Gasteiger partial charge on any atom is 0.232 e. The summed E-state index contributed by atoms with van der Waals surface area (Å²) in [4.78, 5) is 25.3. The first-order valence-corrected chi connectivity index (χ1v) is 8.08. The molecule has 118 valence electrons. The molecule has 2 amide bonds. The van der Waals surface area contributed by atoms with Crippen LogP contribution in [0.5, 0.6) is 0 Å². The Morgan fingerprint density at radius 1 is 1.20 bits per heavy atom. The molecule has 1 aliphatic heterocycles. The summed E-state index contributed by atoms with van der Waals surface area (Å²) < 4.78 is 0. The Kier molecular flexibility index (Phi) is 11.0. The number of nitrogens with one attached hydrogen (secondary N) is 2. The Labute approximate surface area is 132 Å². The second-order valence-corrected chi connectivity index (χ2v) is 5.91. The highest BCUT2D eigenvalue weighted by Crippen LogP contribution is 2.11. The molecule has 1 unspecified atom stereocenters. The van der Waals surface area contributed by atoms with Gasteiger partial charge in [-0.3, -0.25) is 9.59 Å². The monoisotopic (exact) mass is 323 g/mol. The molecule has 0 aliphatic carbocycles. The summed E-state index contributed by atoms with van der Waals surface area (Å²) in [6.45, 7) is 4.39. The van der Waals surface area contributed by atoms with Gasteiger partial charge in [0.1, 0.15) is 0 Å². The number of halogens is 1. The molecular weight excluding hydrogens is 298 g/mol. The predicted molar refractivity (Wildman–Crippen MR) is 86.5 cm³/mol. The number of likely N-dealkylation sites (tertiary alicyclic amines) is 1. The van der Waals surface area contributed by atoms with E-state index in [9.17, 15) is 9.59 Å². The molecule has 5 nitrogen and oxygen atoms in total. The van der Waals surface area contributed by atoms with Crippen molar-refractivity contribution in [3.8, 4) is 0 Å². The summed E-state index contributed by atoms with van der Waals surface area (Å²) >= 11 is 1.40. The van der Waals surface area contributed by atoms with Gasteiger partial charge in [-0.2, -0.15) is 0 Å². The van der Waals surface area contributed by atoms with Crippen LogP contribution in [0.4, 0.5) is 0 Å². The van der Waals surface area contributed by atoms with Gasteiger partial charge in [0.2, 0.25) is 11.8 Å². The molecule has 20 heavy (non-hydrogen) atoms. The van der Waals surface area contributed by atoms with Crippen LogP contribution in [0.1, 0.15) is 26.2 Å². The van der Waals surface area contributed by atoms with E-state index in [1.807, 2.05) is 18.9 Å². The number of thioether (sulfide) groups is 1. The maximum absolute atomic E-state index is 11.9. The summed E-state index contributed by atoms with van der Waals surface area (Å²) in [5.74, 6) is 0.935. The SMILES string of the molecule is CNC(C)CNC(=O)CSCC(=O)N1CCCCC1.Cl. The van der Waals surface area contributed by atoms with E-state index in [4.69, 9.17) is 0 Å². The lowest BCUT2D eigenvalue weighted by Gasteiger charge is -2.26. The van der Waals surface area contributed by atoms with Gasteiger partial charge < -0.3 is 15.5 Å². The van der Waals surface area contributed by atoms with Crippen molar-refractivity contribution >= 4 is 36.0 Å². The van der Waals surface area contributed by atoms with Gasteiger partial charge in [0.15, 0.2) is 0 Å². The first-order valence-electron chi connectivity index (χ1n) is 6.93. The molecule has 0 aromatic heterocycles. The van der Waals surface area contributed by atoms with Gasteiger partial charge in [-0.1, -0.05) is 0 Å². The largest absolute Gasteiger partial charge is 0.354 e. The number of hydrogen-bond donors (Lipinski definition) is 2. The number of likely N-dealkylation sites (N-methyl/N-ethyl adjacent to an activating group) is 1. The molecule has 1 aliphatic rings. The van der Waals surface area contributed by atoms with E-state index in [1.165, 1.54) is 18.2 Å². The molecule has 0 bridgehead atoms. The molecule has 0 aromatic carbocycles. The fraction of sp³-hybridized carbons (Fsp3) is 0.846. The zero-order valence-corrected chi connectivity index (χ0v) is 13.9. The summed E-state index contributed by atoms with van der Waals surface area (Å²) in [5.41, 5.74) is 0. The van der Waals surface area contributed by atoms with Crippen molar-refractivity contribution in [2.45, 2.75) is 32.2 Å². The number of piperidine rings is 1. The standard InChI is InChI=1S/C13H25N3O2S.ClH/c1-11(14-2)8-15-12(17)9-19-10-13(18)16-6-4-3-5-7-16;/h11,14H,3-10H2,1-2H3,(H,15,17);1H. The van der Waals surface area contributed by atoms with E-state index in [0.29, 0.717) is 18.1 Å². The normalized spacial score (nSPS) is 16.2. The number of amides is 2. The Bertz CT molecular complexity index is 299. The predicted octanol–water partition coefficient (Wildman–Crippen LogP) is 0.878. The third kappa shape index (κ3) is 7.97. The summed E-state index contributed by atoms with van der Waals surface area (Å²) in [7, 11) is 1.86. The minimum absolute atomic E-state index is 0. The van der Waals surface area contributed by atoms with Gasteiger partial charge in [0, 0.05) is 25.7 Å². The highest BCUT2D eigenvalue weighted by molar-refractivity contribution is 8.00. The average molecular weight is 324 g/mol. The molecule has 7 heteroatoms. The number of nitrogens with zero attached hydrogens (tertiary/aromatic N) is 1. The van der Waals surface area contributed by atoms with Gasteiger partial charge in [0.25, 0.3) is 0 Å². The first-order chi connectivity index (χ1) is 9.13. The lowest BCUT2D eigenvalue weighted by Crippen LogP contribution is -2.39. The van der Waals surface area contributed by atoms with Crippen molar-refractivity contribution in [1.29, 1.82) is 0 Å². The molecule has 1 fully saturated rings. The van der Waals surface area contributed by atoms with E-state index in [-0.39, 0.29) is 30.3 Å². The van der Waals surface area contributed by atoms with Crippen LogP contribution in [0.25, 0.3) is 0 Å². The zero-order valence-electron chi connectivity index (χ0n) is 12.3. The fourth-order valence-electron chi connectivity index (χ4n) is 1.89. The van der Waals surface area contributed by atoms with Crippen LogP contribution in [-0.2, 0) is 9.59 Å². The van der Waals surface area contributed by atoms with Gasteiger partial charge in [-0.05, 0) is 33.2 Å². The van der Waals surface area contributed by atoms with Crippen LogP contribution in [0.2, 0.25) is 0 Å². The molecule has 1 saturated heterocycles. The second-order valence-electron chi connectivity index (χ2n) is 4.93. The maximum atomic E-state index is 11.9. The lowest BCUT2D eigenvalue weighted by molar-refractivity contribution is -0.129. The minimum atomic E-state index is -0.00135. The van der Waals surface area contributed by atoms with Crippen molar-refractivity contribution in [3.05, 3.63) is 0 Å². The van der Waals surface area contributed by atoms with Gasteiger partial charge >= 0.3 is 0 Å². The Hall–Kier alpha value is -0.460. The van der Waals surface area contributed by atoms with E-state index >= 15 is 0 Å². The third-order valence-electron chi connectivity index (χ3n) is 3.27. The topological polar surface area (TPSA) is 61.4 Å². The minimum Gasteiger partial charge on any atom is -0.354 e. The Balaban J connectivity index is 0.00000361. The molecular formula is C13H26ClN3O2S. The highest BCUT2D eigenvalue weighted by Gasteiger charge is 2.16. The molecule has 1 heterocycles. The second kappa shape index (κ2) is 11.2. The van der Waals surface area contributed by atoms with Crippen molar-refractivity contribution in [1.82, 2.24) is 15.5 Å². The highest BCUT2D eigenvalue weighted by atomic mass is 35.5. The first kappa shape index (κ1) is 19.5. The lowest BCUT2D eigenvalue weighted by atomic mass is 10.1. The van der Waals surface area contributed by atoms with Crippen LogP contribution >= 0.6 is 24.2 Å². The van der Waals surface area contributed by atoms with E-state index in [0.717, 1.165) is 25.9 Å². The summed E-state index contributed by atoms with van der Waals surface area (Å²) in [6, 6.07) is 0.268. The van der Waals surface area contributed by atoms with Crippen LogP contribution in [-0.4, -0.2) is 60.9 Å². The Morgan fingerprint density at radius 2 is 1.85 bits per heavy atom. The molecule has 0 radical (unpaired) electrons. The molecule has 0 saturated carbocycles. The van der Waals surface area contributed by atoms with Crippen LogP contribution in [0.15, 0.2) is 0 Å². The molecule has 2 N–H and O–H groups in total. The molecule has 0 aromatic rings. The van der Waals surface area contributed by atoms with E-state index in [1.54, 1.807) is 0 Å². The van der Waals surface area contributed by atoms with Crippen molar-refractivity contribution in [3.63, 3.8) is 0 Å². The molecule has 1 rings (SSSR count). The van der Waals surface area contributed by atoms with Crippen LogP contribution < -0.4 is 10.6 Å². The van der Waals surface area contributed by atoms with E-state index in [2.05, 4.69) is 10.6 Å². The summed E-state index contributed by atoms with van der Waals surface area (Å²) in [5, 5.41) is 5.89. The molecule has 1 atom stereocenters. The third-order valence-corrected chi connectivity index (χ3v) is 4.18. The van der Waals surface area contributed by atoms with Gasteiger partial charge in [0.05, 0.1) is 11.5 Å². The van der Waals surface area contributed by atoms with Crippen molar-refractivity contribution in [2.24, 2.45) is 0 Å². The van der Waals surface area contributed by atoms with Crippen molar-refractivity contribution in [2.75, 3.05) is 38.2 Å². The fourth-order valence-corrected chi connectivity index (χ4v) is 2.63. The molecule has 0 spiro atoms. The van der Waals surface area contributed by atoms with Gasteiger partial charge in [-0.25, -0.2) is 0 Å². The van der Waals surface area contributed by atoms with E-state index < -0.39 is 0 Å². The van der Waals surface area contributed by atoms with Crippen LogP contribution in [0.3, 0.4) is 0 Å². The number of hydrogen-bond acceptors (Lipinski definition) is 4. The van der Waals surface area contributed by atoms with Crippen LogP contribution in [0, 0.1) is 0 Å². The van der Waals surface area contributed by atoms with Crippen molar-refractivity contribution < 1.29 is 9.59 Å². The smallest absolute Gasteiger partial charge is 0.232 e.